The van der Waals surface area contributed by atoms with E-state index in [2.05, 4.69) is 5.10 Å². The number of carbonyl (C=O) groups is 3. The molecule has 0 radical (unpaired) electrons. The molecule has 2 N–H and O–H groups in total. The van der Waals surface area contributed by atoms with Crippen LogP contribution in [0.5, 0.6) is 0 Å². The first-order valence-electron chi connectivity index (χ1n) is 10.8. The molecule has 0 aliphatic carbocycles. The molecule has 3 amide bonds. The summed E-state index contributed by atoms with van der Waals surface area (Å²) >= 11 is 0. The van der Waals surface area contributed by atoms with Gasteiger partial charge >= 0.3 is 0 Å². The molecule has 9 heteroatoms. The molecule has 0 spiro atoms. The molecule has 1 aromatic heterocycles. The SMILES string of the molecule is Cc1cc(F)ccc1-n1nc(C(N)=O)c2c1C(=O)N(c1ccc(N3CCCC3=O)cc1)CC2. The van der Waals surface area contributed by atoms with E-state index in [-0.39, 0.29) is 23.2 Å². The van der Waals surface area contributed by atoms with Crippen molar-refractivity contribution in [1.29, 1.82) is 0 Å². The number of anilines is 2. The monoisotopic (exact) mass is 447 g/mol. The lowest BCUT2D eigenvalue weighted by Gasteiger charge is -2.28. The van der Waals surface area contributed by atoms with Crippen LogP contribution in [-0.4, -0.2) is 40.6 Å². The number of primary amides is 1. The Labute approximate surface area is 189 Å². The molecular weight excluding hydrogens is 425 g/mol. The Bertz CT molecular complexity index is 1300. The molecule has 1 fully saturated rings. The van der Waals surface area contributed by atoms with Gasteiger partial charge in [0.05, 0.1) is 5.69 Å². The fourth-order valence-corrected chi connectivity index (χ4v) is 4.57. The first-order valence-corrected chi connectivity index (χ1v) is 10.8. The van der Waals surface area contributed by atoms with Gasteiger partial charge in [0.15, 0.2) is 5.69 Å². The molecule has 0 saturated carbocycles. The number of hydrogen-bond donors (Lipinski definition) is 1. The summed E-state index contributed by atoms with van der Waals surface area (Å²) in [7, 11) is 0. The maximum atomic E-state index is 13.7. The molecule has 8 nitrogen and oxygen atoms in total. The minimum atomic E-state index is -0.717. The number of carbonyl (C=O) groups excluding carboxylic acids is 3. The molecule has 3 aromatic rings. The van der Waals surface area contributed by atoms with E-state index in [1.807, 2.05) is 24.3 Å². The van der Waals surface area contributed by atoms with E-state index in [4.69, 9.17) is 5.73 Å². The van der Waals surface area contributed by atoms with Gasteiger partial charge in [-0.3, -0.25) is 14.4 Å². The van der Waals surface area contributed by atoms with E-state index >= 15 is 0 Å². The zero-order chi connectivity index (χ0) is 23.3. The Morgan fingerprint density at radius 1 is 1.00 bits per heavy atom. The maximum absolute atomic E-state index is 13.7. The van der Waals surface area contributed by atoms with Crippen LogP contribution in [0.15, 0.2) is 42.5 Å². The Balaban J connectivity index is 1.54. The van der Waals surface area contributed by atoms with Gasteiger partial charge in [-0.15, -0.1) is 0 Å². The van der Waals surface area contributed by atoms with Crippen molar-refractivity contribution in [2.45, 2.75) is 26.2 Å². The highest BCUT2D eigenvalue weighted by Crippen LogP contribution is 2.31. The van der Waals surface area contributed by atoms with Crippen molar-refractivity contribution < 1.29 is 18.8 Å². The maximum Gasteiger partial charge on any atom is 0.277 e. The summed E-state index contributed by atoms with van der Waals surface area (Å²) < 4.78 is 15.0. The molecule has 168 valence electrons. The second-order valence-electron chi connectivity index (χ2n) is 8.25. The number of rotatable bonds is 4. The molecular formula is C24H22FN5O3. The molecule has 0 unspecified atom stereocenters. The summed E-state index contributed by atoms with van der Waals surface area (Å²) in [5.74, 6) is -1.36. The minimum Gasteiger partial charge on any atom is -0.364 e. The van der Waals surface area contributed by atoms with E-state index in [1.54, 1.807) is 16.7 Å². The second-order valence-corrected chi connectivity index (χ2v) is 8.25. The van der Waals surface area contributed by atoms with Crippen LogP contribution >= 0.6 is 0 Å². The van der Waals surface area contributed by atoms with Crippen molar-refractivity contribution in [2.75, 3.05) is 22.9 Å². The Kier molecular flexibility index (Phi) is 4.96. The number of nitrogens with zero attached hydrogens (tertiary/aromatic N) is 4. The van der Waals surface area contributed by atoms with E-state index in [1.165, 1.54) is 22.9 Å². The smallest absolute Gasteiger partial charge is 0.277 e. The van der Waals surface area contributed by atoms with Crippen LogP contribution in [0.3, 0.4) is 0 Å². The first kappa shape index (κ1) is 20.9. The Hall–Kier alpha value is -4.01. The van der Waals surface area contributed by atoms with Crippen LogP contribution in [0, 0.1) is 12.7 Å². The van der Waals surface area contributed by atoms with Crippen LogP contribution in [-0.2, 0) is 11.2 Å². The molecule has 3 heterocycles. The fraction of sp³-hybridized carbons (Fsp3) is 0.250. The Morgan fingerprint density at radius 3 is 2.30 bits per heavy atom. The number of fused-ring (bicyclic) bond motifs is 1. The number of benzene rings is 2. The van der Waals surface area contributed by atoms with E-state index in [0.29, 0.717) is 48.4 Å². The third-order valence-electron chi connectivity index (χ3n) is 6.18. The molecule has 33 heavy (non-hydrogen) atoms. The van der Waals surface area contributed by atoms with E-state index in [9.17, 15) is 18.8 Å². The molecule has 2 aliphatic heterocycles. The van der Waals surface area contributed by atoms with E-state index in [0.717, 1.165) is 12.1 Å². The summed E-state index contributed by atoms with van der Waals surface area (Å²) in [5, 5.41) is 4.33. The average Bonchev–Trinajstić information content (AvgIpc) is 3.39. The van der Waals surface area contributed by atoms with Crippen molar-refractivity contribution in [3.63, 3.8) is 0 Å². The van der Waals surface area contributed by atoms with Gasteiger partial charge in [0, 0.05) is 36.4 Å². The largest absolute Gasteiger partial charge is 0.364 e. The topological polar surface area (TPSA) is 102 Å². The number of amides is 3. The van der Waals surface area contributed by atoms with Crippen molar-refractivity contribution in [3.05, 3.63) is 70.8 Å². The predicted octanol–water partition coefficient (Wildman–Crippen LogP) is 2.75. The van der Waals surface area contributed by atoms with Crippen molar-refractivity contribution in [3.8, 4) is 5.69 Å². The van der Waals surface area contributed by atoms with Crippen molar-refractivity contribution in [2.24, 2.45) is 5.73 Å². The van der Waals surface area contributed by atoms with Gasteiger partial charge in [-0.25, -0.2) is 9.07 Å². The predicted molar refractivity (Wildman–Crippen MR) is 120 cm³/mol. The van der Waals surface area contributed by atoms with Gasteiger partial charge in [0.1, 0.15) is 11.5 Å². The summed E-state index contributed by atoms with van der Waals surface area (Å²) in [6.07, 6.45) is 1.78. The molecule has 0 bridgehead atoms. The lowest BCUT2D eigenvalue weighted by molar-refractivity contribution is -0.117. The third kappa shape index (κ3) is 3.45. The number of hydrogen-bond acceptors (Lipinski definition) is 4. The van der Waals surface area contributed by atoms with Gasteiger partial charge < -0.3 is 15.5 Å². The summed E-state index contributed by atoms with van der Waals surface area (Å²) in [4.78, 5) is 41.0. The van der Waals surface area contributed by atoms with E-state index < -0.39 is 11.7 Å². The number of halogens is 1. The lowest BCUT2D eigenvalue weighted by Crippen LogP contribution is -2.39. The lowest BCUT2D eigenvalue weighted by atomic mass is 10.0. The van der Waals surface area contributed by atoms with Gasteiger partial charge in [-0.05, 0) is 67.8 Å². The average molecular weight is 447 g/mol. The quantitative estimate of drug-likeness (QED) is 0.664. The molecule has 2 aromatic carbocycles. The third-order valence-corrected chi connectivity index (χ3v) is 6.18. The van der Waals surface area contributed by atoms with Crippen molar-refractivity contribution >= 4 is 29.1 Å². The first-order chi connectivity index (χ1) is 15.8. The minimum absolute atomic E-state index is 0.0459. The second kappa shape index (κ2) is 7.84. The number of aromatic nitrogens is 2. The van der Waals surface area contributed by atoms with Crippen molar-refractivity contribution in [1.82, 2.24) is 9.78 Å². The van der Waals surface area contributed by atoms with Gasteiger partial charge in [-0.2, -0.15) is 5.10 Å². The number of aryl methyl sites for hydroxylation is 1. The summed E-state index contributed by atoms with van der Waals surface area (Å²) in [6, 6.07) is 11.4. The van der Waals surface area contributed by atoms with Crippen LogP contribution in [0.1, 0.15) is 44.9 Å². The highest BCUT2D eigenvalue weighted by Gasteiger charge is 2.35. The highest BCUT2D eigenvalue weighted by atomic mass is 19.1. The van der Waals surface area contributed by atoms with Gasteiger partial charge in [0.2, 0.25) is 5.91 Å². The van der Waals surface area contributed by atoms with Crippen LogP contribution < -0.4 is 15.5 Å². The van der Waals surface area contributed by atoms with Gasteiger partial charge in [0.25, 0.3) is 11.8 Å². The molecule has 0 atom stereocenters. The number of nitrogens with two attached hydrogens (primary N) is 1. The van der Waals surface area contributed by atoms with Crippen LogP contribution in [0.4, 0.5) is 15.8 Å². The van der Waals surface area contributed by atoms with Gasteiger partial charge in [-0.1, -0.05) is 0 Å². The summed E-state index contributed by atoms with van der Waals surface area (Å²) in [6.45, 7) is 2.75. The normalized spacial score (nSPS) is 15.8. The molecule has 1 saturated heterocycles. The zero-order valence-corrected chi connectivity index (χ0v) is 18.0. The standard InChI is InChI=1S/C24H22FN5O3/c1-14-13-15(25)4-9-19(14)30-22-18(21(27-30)23(26)32)10-12-29(24(22)33)17-7-5-16(6-8-17)28-11-2-3-20(28)31/h4-9,13H,2-3,10-12H2,1H3,(H2,26,32). The fourth-order valence-electron chi connectivity index (χ4n) is 4.57. The highest BCUT2D eigenvalue weighted by molar-refractivity contribution is 6.09. The van der Waals surface area contributed by atoms with Crippen LogP contribution in [0.25, 0.3) is 5.69 Å². The van der Waals surface area contributed by atoms with Crippen LogP contribution in [0.2, 0.25) is 0 Å². The zero-order valence-electron chi connectivity index (χ0n) is 18.0. The molecule has 2 aliphatic rings. The molecule has 5 rings (SSSR count). The summed E-state index contributed by atoms with van der Waals surface area (Å²) in [5.41, 5.74) is 8.86. The Morgan fingerprint density at radius 2 is 1.70 bits per heavy atom.